The molecule has 4 saturated carbocycles. The number of anilines is 3. The van der Waals surface area contributed by atoms with Gasteiger partial charge in [-0.1, -0.05) is 48.4 Å². The summed E-state index contributed by atoms with van der Waals surface area (Å²) in [6.45, 7) is 3.04. The highest BCUT2D eigenvalue weighted by molar-refractivity contribution is 7.91. The molecule has 12 rings (SSSR count). The highest BCUT2D eigenvalue weighted by Crippen LogP contribution is 2.52. The maximum atomic E-state index is 14.9. The minimum absolute atomic E-state index is 0.0605. The van der Waals surface area contributed by atoms with Crippen LogP contribution < -0.4 is 25.3 Å². The molecule has 7 aliphatic rings. The lowest BCUT2D eigenvalue weighted by Crippen LogP contribution is -2.46. The highest BCUT2D eigenvalue weighted by atomic mass is 32.2. The van der Waals surface area contributed by atoms with Gasteiger partial charge < -0.3 is 25.3 Å². The molecule has 5 aromatic rings. The first-order valence-electron chi connectivity index (χ1n) is 28.7. The zero-order chi connectivity index (χ0) is 57.2. The fourth-order valence-corrected chi connectivity index (χ4v) is 17.8. The van der Waals surface area contributed by atoms with Crippen LogP contribution in [0.3, 0.4) is 0 Å². The van der Waals surface area contributed by atoms with E-state index >= 15 is 0 Å². The second-order valence-corrected chi connectivity index (χ2v) is 30.3. The van der Waals surface area contributed by atoms with Gasteiger partial charge in [0.1, 0.15) is 16.1 Å². The molecule has 6 atom stereocenters. The molecule has 432 valence electrons. The summed E-state index contributed by atoms with van der Waals surface area (Å²) in [5.74, 6) is -1.22. The molecule has 3 saturated heterocycles. The van der Waals surface area contributed by atoms with Crippen LogP contribution in [0.15, 0.2) is 66.9 Å². The van der Waals surface area contributed by atoms with Crippen LogP contribution in [0.2, 0.25) is 0 Å². The number of halogens is 3. The molecule has 0 radical (unpaired) electrons. The topological polar surface area (TPSA) is 222 Å². The third-order valence-corrected chi connectivity index (χ3v) is 23.9. The third kappa shape index (κ3) is 11.9. The summed E-state index contributed by atoms with van der Waals surface area (Å²) in [5.41, 5.74) is 2.75. The molecule has 0 bridgehead atoms. The van der Waals surface area contributed by atoms with Crippen LogP contribution in [0.1, 0.15) is 112 Å². The van der Waals surface area contributed by atoms with Gasteiger partial charge in [-0.2, -0.15) is 23.7 Å². The molecule has 2 N–H and O–H groups in total. The molecular formula is C59H65F3N10O6S4. The van der Waals surface area contributed by atoms with Crippen molar-refractivity contribution >= 4 is 70.7 Å². The van der Waals surface area contributed by atoms with Crippen molar-refractivity contribution in [1.82, 2.24) is 25.6 Å². The van der Waals surface area contributed by atoms with E-state index in [1.54, 1.807) is 11.3 Å². The number of pyridine rings is 1. The van der Waals surface area contributed by atoms with Crippen molar-refractivity contribution in [2.75, 3.05) is 77.0 Å². The van der Waals surface area contributed by atoms with Crippen LogP contribution in [0.5, 0.6) is 0 Å². The maximum Gasteiger partial charge on any atom is 0.417 e. The number of sulfone groups is 2. The number of hydrogen-bond acceptors (Lipinski definition) is 16. The lowest BCUT2D eigenvalue weighted by Gasteiger charge is -2.42. The van der Waals surface area contributed by atoms with Crippen molar-refractivity contribution < 1.29 is 39.6 Å². The number of nitrogens with one attached hydrogen (secondary N) is 2. The Labute approximate surface area is 484 Å². The number of benzene rings is 2. The monoisotopic (exact) mass is 1190 g/mol. The Hall–Kier alpha value is -6.14. The van der Waals surface area contributed by atoms with E-state index in [9.17, 15) is 50.1 Å². The molecule has 2 aromatic carbocycles. The molecular weight excluding hydrogens is 1130 g/mol. The van der Waals surface area contributed by atoms with Crippen LogP contribution in [-0.4, -0.2) is 117 Å². The molecule has 4 aliphatic carbocycles. The number of piperidine rings is 1. The Kier molecular flexibility index (Phi) is 15.2. The van der Waals surface area contributed by atoms with E-state index in [-0.39, 0.29) is 64.2 Å². The first-order valence-corrected chi connectivity index (χ1v) is 34.0. The van der Waals surface area contributed by atoms with Crippen LogP contribution in [0.4, 0.5) is 29.7 Å². The number of nitriles is 2. The summed E-state index contributed by atoms with van der Waals surface area (Å²) >= 11 is 2.93. The van der Waals surface area contributed by atoms with Gasteiger partial charge in [-0.3, -0.25) is 14.6 Å². The number of nitrogens with zero attached hydrogens (tertiary/aromatic N) is 8. The number of aromatic nitrogens is 3. The Morgan fingerprint density at radius 1 is 0.610 bits per heavy atom. The summed E-state index contributed by atoms with van der Waals surface area (Å²) in [5, 5.41) is 27.7. The number of carbonyl (C=O) groups excluding carboxylic acids is 2. The number of amides is 2. The van der Waals surface area contributed by atoms with Gasteiger partial charge in [-0.05, 0) is 130 Å². The molecule has 6 heterocycles. The van der Waals surface area contributed by atoms with Crippen molar-refractivity contribution in [2.45, 2.75) is 113 Å². The lowest BCUT2D eigenvalue weighted by atomic mass is 9.67. The number of alkyl halides is 3. The van der Waals surface area contributed by atoms with Crippen LogP contribution >= 0.6 is 22.7 Å². The first-order chi connectivity index (χ1) is 39.3. The van der Waals surface area contributed by atoms with Gasteiger partial charge in [-0.15, -0.1) is 11.3 Å². The van der Waals surface area contributed by atoms with Gasteiger partial charge in [0.25, 0.3) is 0 Å². The van der Waals surface area contributed by atoms with Crippen molar-refractivity contribution in [2.24, 2.45) is 23.7 Å². The lowest BCUT2D eigenvalue weighted by molar-refractivity contribution is -0.137. The van der Waals surface area contributed by atoms with E-state index in [4.69, 9.17) is 9.97 Å². The summed E-state index contributed by atoms with van der Waals surface area (Å²) < 4.78 is 90.3. The molecule has 82 heavy (non-hydrogen) atoms. The fraction of sp³-hybridized carbons (Fsp3) is 0.542. The molecule has 23 heteroatoms. The molecule has 2 unspecified atom stereocenters. The number of hydrogen-bond donors (Lipinski definition) is 2. The minimum Gasteiger partial charge on any atom is -0.369 e. The Balaban J connectivity index is 0.847. The predicted molar refractivity (Wildman–Crippen MR) is 310 cm³/mol. The van der Waals surface area contributed by atoms with E-state index < -0.39 is 54.3 Å². The molecule has 0 spiro atoms. The second-order valence-electron chi connectivity index (χ2n) is 23.7. The van der Waals surface area contributed by atoms with E-state index in [1.165, 1.54) is 17.4 Å². The SMILES string of the molecule is N#CC1(NC(=O)[C@@H]2CC(C3CCCN(c4nc([C@@H]5CCCC[C@H]5C(=O)NC5(C#N)CC5)c(-c5ccc(N6CCS(=O)(=O)CC6)cc5)s4)C3)CC[C@H]2c2nc(-c3ccc(C(F)(F)F)cn3)sc2-c2ccc(N3CCS(=O)(=O)CC3)cc2)CC1. The summed E-state index contributed by atoms with van der Waals surface area (Å²) in [4.78, 5) is 52.2. The maximum absolute atomic E-state index is 14.9. The van der Waals surface area contributed by atoms with E-state index in [0.29, 0.717) is 88.4 Å². The number of rotatable bonds is 13. The largest absolute Gasteiger partial charge is 0.417 e. The average molecular weight is 1200 g/mol. The standard InChI is InChI=1S/C59H65F3N10O6S4/c60-59(61,62)41-12-18-48(65-33-41)55-66-49(51(79-55)37-7-13-42(14-8-37)70-24-28-81(75,76)29-25-70)45-17-11-39(32-47(45)54(74)69-58(36-64)21-22-58)40-4-3-23-72(34-40)56-67-50(44-5-1-2-6-46(44)53(73)68-57(35-63)19-20-57)52(80-56)38-9-15-43(16-10-38)71-26-30-82(77,78)31-27-71/h7-10,12-16,18,33,39-40,44-47H,1-6,11,17,19-32,34H2,(H,68,73)(H,69,74)/t39?,40?,44-,45-,46-,47-/m1/s1. The smallest absolute Gasteiger partial charge is 0.369 e. The predicted octanol–water partition coefficient (Wildman–Crippen LogP) is 9.52. The van der Waals surface area contributed by atoms with Gasteiger partial charge in [0.05, 0.1) is 67.5 Å². The van der Waals surface area contributed by atoms with Crippen molar-refractivity contribution in [3.8, 4) is 43.7 Å². The average Bonchev–Trinajstić information content (AvgIpc) is 4.41. The first kappa shape index (κ1) is 56.3. The normalized spacial score (nSPS) is 26.4. The van der Waals surface area contributed by atoms with Gasteiger partial charge in [0.2, 0.25) is 11.8 Å². The Morgan fingerprint density at radius 2 is 1.15 bits per heavy atom. The minimum atomic E-state index is -4.58. The fourth-order valence-electron chi connectivity index (χ4n) is 13.1. The van der Waals surface area contributed by atoms with E-state index in [0.717, 1.165) is 100 Å². The van der Waals surface area contributed by atoms with Crippen LogP contribution in [0.25, 0.3) is 31.6 Å². The molecule has 16 nitrogen and oxygen atoms in total. The zero-order valence-corrected chi connectivity index (χ0v) is 48.6. The van der Waals surface area contributed by atoms with Crippen LogP contribution in [0, 0.1) is 46.3 Å². The Morgan fingerprint density at radius 3 is 1.68 bits per heavy atom. The van der Waals surface area contributed by atoms with E-state index in [1.807, 2.05) is 41.3 Å². The zero-order valence-electron chi connectivity index (χ0n) is 45.4. The van der Waals surface area contributed by atoms with Gasteiger partial charge in [-0.25, -0.2) is 26.8 Å². The molecule has 3 aliphatic heterocycles. The van der Waals surface area contributed by atoms with Crippen molar-refractivity contribution in [3.05, 3.63) is 83.8 Å². The molecule has 2 amide bonds. The molecule has 3 aromatic heterocycles. The van der Waals surface area contributed by atoms with Crippen molar-refractivity contribution in [1.29, 1.82) is 10.5 Å². The van der Waals surface area contributed by atoms with Crippen LogP contribution in [-0.2, 0) is 35.4 Å². The number of thiazole rings is 2. The summed E-state index contributed by atoms with van der Waals surface area (Å²) in [6.07, 6.45) is 5.60. The van der Waals surface area contributed by atoms with Gasteiger partial charge >= 0.3 is 6.18 Å². The summed E-state index contributed by atoms with van der Waals surface area (Å²) in [7, 11) is -6.17. The highest BCUT2D eigenvalue weighted by Gasteiger charge is 2.50. The van der Waals surface area contributed by atoms with Gasteiger partial charge in [0.15, 0.2) is 24.8 Å². The Bertz CT molecular complexity index is 3530. The van der Waals surface area contributed by atoms with Gasteiger partial charge in [0, 0.05) is 80.5 Å². The molecule has 7 fully saturated rings. The third-order valence-electron chi connectivity index (χ3n) is 18.4. The number of carbonyl (C=O) groups is 2. The second kappa shape index (κ2) is 22.1. The quantitative estimate of drug-likeness (QED) is 0.112. The van der Waals surface area contributed by atoms with Crippen molar-refractivity contribution in [3.63, 3.8) is 0 Å². The van der Waals surface area contributed by atoms with E-state index in [2.05, 4.69) is 49.7 Å². The summed E-state index contributed by atoms with van der Waals surface area (Å²) in [6, 6.07) is 23.0.